The Morgan fingerprint density at radius 3 is 2.29 bits per heavy atom. The molecule has 0 saturated heterocycles. The van der Waals surface area contributed by atoms with Gasteiger partial charge in [-0.2, -0.15) is 0 Å². The highest BCUT2D eigenvalue weighted by atomic mass is 35.5. The number of carbonyl (C=O) groups excluding carboxylic acids is 1. The van der Waals surface area contributed by atoms with Crippen molar-refractivity contribution in [2.45, 2.75) is 44.7 Å². The molecule has 6 nitrogen and oxygen atoms in total. The molecule has 0 aliphatic rings. The largest absolute Gasteiger partial charge is 0.351 e. The lowest BCUT2D eigenvalue weighted by Crippen LogP contribution is -2.42. The summed E-state index contributed by atoms with van der Waals surface area (Å²) in [6, 6.07) is 4.80. The molecule has 0 fully saturated rings. The number of carbonyl (C=O) groups is 1. The quantitative estimate of drug-likeness (QED) is 0.729. The summed E-state index contributed by atoms with van der Waals surface area (Å²) in [5, 5.41) is 3.01. The van der Waals surface area contributed by atoms with Crippen LogP contribution >= 0.6 is 11.6 Å². The van der Waals surface area contributed by atoms with Gasteiger partial charge in [-0.05, 0) is 52.9 Å². The third-order valence-corrected chi connectivity index (χ3v) is 5.49. The third kappa shape index (κ3) is 5.44. The fourth-order valence-corrected chi connectivity index (χ4v) is 3.43. The van der Waals surface area contributed by atoms with Crippen LogP contribution in [0.25, 0.3) is 0 Å². The minimum absolute atomic E-state index is 0.00513. The molecule has 0 bridgehead atoms. The summed E-state index contributed by atoms with van der Waals surface area (Å²) in [6.07, 6.45) is 0. The predicted molar refractivity (Wildman–Crippen MR) is 97.0 cm³/mol. The van der Waals surface area contributed by atoms with E-state index >= 15 is 0 Å². The number of nitrogens with one attached hydrogen (secondary N) is 2. The Hall–Kier alpha value is -1.15. The zero-order chi connectivity index (χ0) is 18.5. The number of amides is 1. The average Bonchev–Trinajstić information content (AvgIpc) is 2.50. The summed E-state index contributed by atoms with van der Waals surface area (Å²) in [5.74, 6) is -0.388. The molecule has 1 aromatic rings. The van der Waals surface area contributed by atoms with Gasteiger partial charge in [-0.1, -0.05) is 11.6 Å². The van der Waals surface area contributed by atoms with Crippen LogP contribution in [0.5, 0.6) is 0 Å². The first-order valence-electron chi connectivity index (χ1n) is 7.87. The molecule has 0 aliphatic heterocycles. The third-order valence-electron chi connectivity index (χ3n) is 3.74. The number of hydrogen-bond donors (Lipinski definition) is 2. The van der Waals surface area contributed by atoms with Crippen molar-refractivity contribution in [2.24, 2.45) is 0 Å². The van der Waals surface area contributed by atoms with E-state index in [1.54, 1.807) is 0 Å². The lowest BCUT2D eigenvalue weighted by atomic mass is 10.2. The number of nitrogens with zero attached hydrogens (tertiary/aromatic N) is 1. The zero-order valence-corrected chi connectivity index (χ0v) is 16.3. The monoisotopic (exact) mass is 375 g/mol. The van der Waals surface area contributed by atoms with Crippen molar-refractivity contribution in [3.63, 3.8) is 0 Å². The Kier molecular flexibility index (Phi) is 7.66. The normalized spacial score (nSPS) is 12.2. The molecule has 1 amide bonds. The van der Waals surface area contributed by atoms with Gasteiger partial charge in [0.2, 0.25) is 10.0 Å². The number of benzene rings is 1. The molecule has 8 heteroatoms. The van der Waals surface area contributed by atoms with Gasteiger partial charge in [0.25, 0.3) is 5.91 Å². The molecular weight excluding hydrogens is 350 g/mol. The molecule has 1 aromatic carbocycles. The fraction of sp³-hybridized carbons (Fsp3) is 0.562. The van der Waals surface area contributed by atoms with E-state index in [9.17, 15) is 13.2 Å². The van der Waals surface area contributed by atoms with Gasteiger partial charge in [-0.25, -0.2) is 13.1 Å². The average molecular weight is 376 g/mol. The summed E-state index contributed by atoms with van der Waals surface area (Å²) in [6.45, 7) is 9.56. The van der Waals surface area contributed by atoms with Crippen LogP contribution < -0.4 is 10.0 Å². The van der Waals surface area contributed by atoms with Crippen molar-refractivity contribution >= 4 is 27.5 Å². The van der Waals surface area contributed by atoms with E-state index in [1.807, 2.05) is 0 Å². The van der Waals surface area contributed by atoms with Crippen LogP contribution in [0.4, 0.5) is 0 Å². The van der Waals surface area contributed by atoms with Gasteiger partial charge in [0.1, 0.15) is 0 Å². The molecule has 0 unspecified atom stereocenters. The van der Waals surface area contributed by atoms with Crippen molar-refractivity contribution in [1.29, 1.82) is 0 Å². The lowest BCUT2D eigenvalue weighted by Gasteiger charge is -2.30. The maximum Gasteiger partial charge on any atom is 0.252 e. The molecule has 0 aromatic heterocycles. The highest BCUT2D eigenvalue weighted by Gasteiger charge is 2.18. The summed E-state index contributed by atoms with van der Waals surface area (Å²) < 4.78 is 25.9. The van der Waals surface area contributed by atoms with Crippen molar-refractivity contribution in [2.75, 3.05) is 20.1 Å². The second-order valence-electron chi connectivity index (χ2n) is 6.03. The van der Waals surface area contributed by atoms with Gasteiger partial charge < -0.3 is 5.32 Å². The molecule has 0 spiro atoms. The van der Waals surface area contributed by atoms with Crippen molar-refractivity contribution in [3.8, 4) is 0 Å². The maximum absolute atomic E-state index is 12.3. The highest BCUT2D eigenvalue weighted by Crippen LogP contribution is 2.20. The number of hydrogen-bond acceptors (Lipinski definition) is 4. The second kappa shape index (κ2) is 8.80. The molecule has 0 aliphatic carbocycles. The van der Waals surface area contributed by atoms with E-state index in [0.717, 1.165) is 0 Å². The molecule has 136 valence electrons. The van der Waals surface area contributed by atoms with Gasteiger partial charge in [-0.15, -0.1) is 0 Å². The van der Waals surface area contributed by atoms with E-state index < -0.39 is 10.0 Å². The van der Waals surface area contributed by atoms with Crippen LogP contribution in [0, 0.1) is 0 Å². The SMILES string of the molecule is CNS(=O)(=O)c1ccc(Cl)c(C(=O)NCCN(C(C)C)C(C)C)c1. The van der Waals surface area contributed by atoms with E-state index in [0.29, 0.717) is 25.2 Å². The Morgan fingerprint density at radius 1 is 1.21 bits per heavy atom. The van der Waals surface area contributed by atoms with Crippen LogP contribution in [0.3, 0.4) is 0 Å². The summed E-state index contributed by atoms with van der Waals surface area (Å²) in [7, 11) is -2.31. The van der Waals surface area contributed by atoms with Crippen LogP contribution in [0.15, 0.2) is 23.1 Å². The summed E-state index contributed by atoms with van der Waals surface area (Å²) in [5.41, 5.74) is 0.147. The standard InChI is InChI=1S/C16H26ClN3O3S/c1-11(2)20(12(3)4)9-8-19-16(21)14-10-13(6-7-15(14)17)24(22,23)18-5/h6-7,10-12,18H,8-9H2,1-5H3,(H,19,21). The first-order valence-corrected chi connectivity index (χ1v) is 9.73. The first-order chi connectivity index (χ1) is 11.1. The second-order valence-corrected chi connectivity index (χ2v) is 8.32. The predicted octanol–water partition coefficient (Wildman–Crippen LogP) is 2.10. The maximum atomic E-state index is 12.3. The Morgan fingerprint density at radius 2 is 1.79 bits per heavy atom. The van der Waals surface area contributed by atoms with Gasteiger partial charge in [0.05, 0.1) is 15.5 Å². The summed E-state index contributed by atoms with van der Waals surface area (Å²) in [4.78, 5) is 14.6. The smallest absolute Gasteiger partial charge is 0.252 e. The van der Waals surface area contributed by atoms with Gasteiger partial charge >= 0.3 is 0 Å². The van der Waals surface area contributed by atoms with E-state index in [-0.39, 0.29) is 21.4 Å². The Balaban J connectivity index is 2.83. The van der Waals surface area contributed by atoms with Crippen LogP contribution in [-0.4, -0.2) is 51.4 Å². The minimum atomic E-state index is -3.62. The highest BCUT2D eigenvalue weighted by molar-refractivity contribution is 7.89. The van der Waals surface area contributed by atoms with Gasteiger partial charge in [0.15, 0.2) is 0 Å². The van der Waals surface area contributed by atoms with Crippen molar-refractivity contribution in [3.05, 3.63) is 28.8 Å². The van der Waals surface area contributed by atoms with Crippen LogP contribution in [0.1, 0.15) is 38.1 Å². The molecular formula is C16H26ClN3O3S. The van der Waals surface area contributed by atoms with Crippen molar-refractivity contribution in [1.82, 2.24) is 14.9 Å². The fourth-order valence-electron chi connectivity index (χ4n) is 2.47. The van der Waals surface area contributed by atoms with Gasteiger partial charge in [0, 0.05) is 25.2 Å². The van der Waals surface area contributed by atoms with Crippen molar-refractivity contribution < 1.29 is 13.2 Å². The Bertz CT molecular complexity index is 667. The van der Waals surface area contributed by atoms with E-state index in [1.165, 1.54) is 25.2 Å². The molecule has 2 N–H and O–H groups in total. The van der Waals surface area contributed by atoms with E-state index in [2.05, 4.69) is 42.6 Å². The molecule has 0 heterocycles. The zero-order valence-electron chi connectivity index (χ0n) is 14.8. The molecule has 24 heavy (non-hydrogen) atoms. The summed E-state index contributed by atoms with van der Waals surface area (Å²) >= 11 is 6.04. The van der Waals surface area contributed by atoms with Gasteiger partial charge in [-0.3, -0.25) is 9.69 Å². The Labute approximate surface area is 149 Å². The van der Waals surface area contributed by atoms with Crippen LogP contribution in [-0.2, 0) is 10.0 Å². The molecule has 0 saturated carbocycles. The topological polar surface area (TPSA) is 78.5 Å². The minimum Gasteiger partial charge on any atom is -0.351 e. The van der Waals surface area contributed by atoms with E-state index in [4.69, 9.17) is 11.6 Å². The lowest BCUT2D eigenvalue weighted by molar-refractivity contribution is 0.0939. The first kappa shape index (κ1) is 20.9. The number of rotatable bonds is 8. The number of sulfonamides is 1. The molecule has 0 radical (unpaired) electrons. The molecule has 0 atom stereocenters. The number of halogens is 1. The molecule has 1 rings (SSSR count). The van der Waals surface area contributed by atoms with Crippen LogP contribution in [0.2, 0.25) is 5.02 Å².